The molecular formula is C13H20N4O4. The van der Waals surface area contributed by atoms with Gasteiger partial charge < -0.3 is 21.5 Å². The summed E-state index contributed by atoms with van der Waals surface area (Å²) in [6.07, 6.45) is 2.76. The van der Waals surface area contributed by atoms with Gasteiger partial charge in [-0.1, -0.05) is 0 Å². The van der Waals surface area contributed by atoms with Gasteiger partial charge in [0.15, 0.2) is 6.10 Å². The Hall–Kier alpha value is -2.38. The van der Waals surface area contributed by atoms with Gasteiger partial charge in [0.05, 0.1) is 11.6 Å². The Morgan fingerprint density at radius 2 is 2.00 bits per heavy atom. The van der Waals surface area contributed by atoms with Gasteiger partial charge in [0.1, 0.15) is 5.84 Å². The van der Waals surface area contributed by atoms with Crippen LogP contribution < -0.4 is 16.8 Å². The van der Waals surface area contributed by atoms with Crippen molar-refractivity contribution < 1.29 is 19.1 Å². The summed E-state index contributed by atoms with van der Waals surface area (Å²) >= 11 is 0. The van der Waals surface area contributed by atoms with E-state index < -0.39 is 23.9 Å². The third kappa shape index (κ3) is 4.90. The molecule has 0 aliphatic heterocycles. The Bertz CT molecular complexity index is 494. The first-order valence-corrected chi connectivity index (χ1v) is 6.63. The lowest BCUT2D eigenvalue weighted by Gasteiger charge is -2.23. The largest absolute Gasteiger partial charge is 0.453 e. The molecule has 1 aliphatic carbocycles. The van der Waals surface area contributed by atoms with Crippen molar-refractivity contribution in [2.75, 3.05) is 0 Å². The van der Waals surface area contributed by atoms with Gasteiger partial charge in [-0.2, -0.15) is 0 Å². The molecule has 8 heteroatoms. The molecule has 0 unspecified atom stereocenters. The molecule has 0 heterocycles. The lowest BCUT2D eigenvalue weighted by atomic mass is 9.94. The van der Waals surface area contributed by atoms with Crippen LogP contribution in [0.15, 0.2) is 16.8 Å². The molecule has 0 spiro atoms. The van der Waals surface area contributed by atoms with E-state index in [4.69, 9.17) is 16.2 Å². The summed E-state index contributed by atoms with van der Waals surface area (Å²) in [6.45, 7) is 2.61. The molecule has 2 amide bonds. The summed E-state index contributed by atoms with van der Waals surface area (Å²) in [7, 11) is 0. The van der Waals surface area contributed by atoms with E-state index in [1.54, 1.807) is 0 Å². The average Bonchev–Trinajstić information content (AvgIpc) is 2.32. The molecule has 1 fully saturated rings. The summed E-state index contributed by atoms with van der Waals surface area (Å²) in [5, 5.41) is 2.44. The number of amides is 2. The second-order valence-electron chi connectivity index (χ2n) is 4.75. The van der Waals surface area contributed by atoms with Crippen molar-refractivity contribution in [3.8, 4) is 0 Å². The summed E-state index contributed by atoms with van der Waals surface area (Å²) in [4.78, 5) is 38.4. The van der Waals surface area contributed by atoms with Crippen LogP contribution in [-0.4, -0.2) is 35.8 Å². The number of hydrogen-bond donors (Lipinski definition) is 3. The maximum Gasteiger partial charge on any atom is 0.303 e. The van der Waals surface area contributed by atoms with Crippen LogP contribution in [0.25, 0.3) is 0 Å². The Kier molecular flexibility index (Phi) is 5.89. The molecule has 0 radical (unpaired) electrons. The number of rotatable bonds is 5. The predicted octanol–water partition coefficient (Wildman–Crippen LogP) is -0.667. The molecule has 5 N–H and O–H groups in total. The molecule has 1 atom stereocenters. The van der Waals surface area contributed by atoms with Crippen molar-refractivity contribution in [3.63, 3.8) is 0 Å². The minimum absolute atomic E-state index is 0.0127. The van der Waals surface area contributed by atoms with Gasteiger partial charge >= 0.3 is 5.97 Å². The van der Waals surface area contributed by atoms with Crippen LogP contribution in [0.3, 0.4) is 0 Å². The average molecular weight is 296 g/mol. The first kappa shape index (κ1) is 16.7. The van der Waals surface area contributed by atoms with Crippen molar-refractivity contribution in [1.29, 1.82) is 0 Å². The quantitative estimate of drug-likeness (QED) is 0.267. The minimum atomic E-state index is -1.01. The van der Waals surface area contributed by atoms with Crippen molar-refractivity contribution >= 4 is 23.6 Å². The van der Waals surface area contributed by atoms with Crippen molar-refractivity contribution in [2.24, 2.45) is 16.5 Å². The van der Waals surface area contributed by atoms with Crippen molar-refractivity contribution in [3.05, 3.63) is 11.8 Å². The Labute approximate surface area is 122 Å². The molecule has 8 nitrogen and oxygen atoms in total. The highest BCUT2D eigenvalue weighted by Crippen LogP contribution is 2.22. The number of nitrogens with zero attached hydrogens (tertiary/aromatic N) is 1. The van der Waals surface area contributed by atoms with E-state index in [0.717, 1.165) is 25.5 Å². The van der Waals surface area contributed by atoms with Crippen LogP contribution in [0.1, 0.15) is 33.1 Å². The van der Waals surface area contributed by atoms with E-state index >= 15 is 0 Å². The summed E-state index contributed by atoms with van der Waals surface area (Å²) in [5.41, 5.74) is 10.5. The number of ether oxygens (including phenoxy) is 1. The molecule has 0 aromatic carbocycles. The van der Waals surface area contributed by atoms with Crippen LogP contribution in [0.2, 0.25) is 0 Å². The number of nitrogens with one attached hydrogen (secondary N) is 1. The van der Waals surface area contributed by atoms with E-state index in [0.29, 0.717) is 0 Å². The van der Waals surface area contributed by atoms with Gasteiger partial charge in [-0.3, -0.25) is 19.4 Å². The molecule has 1 aliphatic rings. The molecule has 0 saturated heterocycles. The van der Waals surface area contributed by atoms with E-state index in [1.807, 2.05) is 0 Å². The highest BCUT2D eigenvalue weighted by molar-refractivity contribution is 6.23. The summed E-state index contributed by atoms with van der Waals surface area (Å²) in [6, 6.07) is 0.0265. The first-order valence-electron chi connectivity index (χ1n) is 6.63. The molecule has 0 bridgehead atoms. The Balaban J connectivity index is 2.87. The molecule has 21 heavy (non-hydrogen) atoms. The number of amidine groups is 1. The lowest BCUT2D eigenvalue weighted by Crippen LogP contribution is -2.43. The van der Waals surface area contributed by atoms with E-state index in [9.17, 15) is 14.4 Å². The fraction of sp³-hybridized carbons (Fsp3) is 0.538. The van der Waals surface area contributed by atoms with Crippen LogP contribution in [0.5, 0.6) is 0 Å². The van der Waals surface area contributed by atoms with Gasteiger partial charge in [-0.05, 0) is 26.2 Å². The summed E-state index contributed by atoms with van der Waals surface area (Å²) in [5.74, 6) is -1.97. The number of nitrogens with two attached hydrogens (primary N) is 2. The zero-order chi connectivity index (χ0) is 16.0. The number of carbonyl (C=O) groups excluding carboxylic acids is 3. The highest BCUT2D eigenvalue weighted by atomic mass is 16.5. The standard InChI is InChI=1S/C13H20N4O4/c1-7(21-8(2)18)13(20)17-12(10(6-14)11(15)19)16-9-4-3-5-9/h6-7,9H,3-5,14H2,1-2H3,(H2,15,19)(H,16,17,20)/t7-/m0/s1. The number of hydrogen-bond acceptors (Lipinski definition) is 6. The van der Waals surface area contributed by atoms with Crippen LogP contribution >= 0.6 is 0 Å². The van der Waals surface area contributed by atoms with Crippen molar-refractivity contribution in [2.45, 2.75) is 45.3 Å². The van der Waals surface area contributed by atoms with Gasteiger partial charge in [0, 0.05) is 13.1 Å². The minimum Gasteiger partial charge on any atom is -0.453 e. The lowest BCUT2D eigenvalue weighted by molar-refractivity contribution is -0.152. The maximum atomic E-state index is 11.9. The van der Waals surface area contributed by atoms with E-state index in [-0.39, 0.29) is 17.5 Å². The zero-order valence-corrected chi connectivity index (χ0v) is 12.1. The monoisotopic (exact) mass is 296 g/mol. The number of esters is 1. The second kappa shape index (κ2) is 7.41. The van der Waals surface area contributed by atoms with Crippen LogP contribution in [0.4, 0.5) is 0 Å². The topological polar surface area (TPSA) is 137 Å². The predicted molar refractivity (Wildman–Crippen MR) is 75.9 cm³/mol. The highest BCUT2D eigenvalue weighted by Gasteiger charge is 2.24. The second-order valence-corrected chi connectivity index (χ2v) is 4.75. The molecule has 0 aromatic heterocycles. The molecule has 1 rings (SSSR count). The van der Waals surface area contributed by atoms with Gasteiger partial charge in [0.25, 0.3) is 11.8 Å². The van der Waals surface area contributed by atoms with E-state index in [2.05, 4.69) is 10.3 Å². The number of aliphatic imine (C=N–C) groups is 1. The van der Waals surface area contributed by atoms with Crippen LogP contribution in [0, 0.1) is 0 Å². The smallest absolute Gasteiger partial charge is 0.303 e. The van der Waals surface area contributed by atoms with Gasteiger partial charge in [-0.15, -0.1) is 0 Å². The molecule has 0 aromatic rings. The van der Waals surface area contributed by atoms with Gasteiger partial charge in [-0.25, -0.2) is 0 Å². The Morgan fingerprint density at radius 1 is 1.38 bits per heavy atom. The molecule has 116 valence electrons. The summed E-state index contributed by atoms with van der Waals surface area (Å²) < 4.78 is 4.76. The fourth-order valence-electron chi connectivity index (χ4n) is 1.67. The first-order chi connectivity index (χ1) is 9.85. The van der Waals surface area contributed by atoms with Crippen LogP contribution in [-0.2, 0) is 19.1 Å². The zero-order valence-electron chi connectivity index (χ0n) is 12.1. The molecule has 1 saturated carbocycles. The third-order valence-electron chi connectivity index (χ3n) is 3.03. The number of carbonyl (C=O) groups is 3. The normalized spacial score (nSPS) is 17.6. The third-order valence-corrected chi connectivity index (χ3v) is 3.03. The molecular weight excluding hydrogens is 276 g/mol. The maximum absolute atomic E-state index is 11.9. The fourth-order valence-corrected chi connectivity index (χ4v) is 1.67. The van der Waals surface area contributed by atoms with Gasteiger partial charge in [0.2, 0.25) is 0 Å². The Morgan fingerprint density at radius 3 is 2.38 bits per heavy atom. The SMILES string of the molecule is CC(=O)O[C@@H](C)C(=O)NC(=NC1CCC1)C(=CN)C(N)=O. The number of primary amides is 1. The van der Waals surface area contributed by atoms with Crippen molar-refractivity contribution in [1.82, 2.24) is 5.32 Å². The van der Waals surface area contributed by atoms with E-state index in [1.165, 1.54) is 13.8 Å².